The predicted molar refractivity (Wildman–Crippen MR) is 87.5 cm³/mol. The van der Waals surface area contributed by atoms with Gasteiger partial charge in [0.05, 0.1) is 12.2 Å². The zero-order valence-corrected chi connectivity index (χ0v) is 13.8. The van der Waals surface area contributed by atoms with Crippen molar-refractivity contribution in [2.75, 3.05) is 11.9 Å². The molecule has 0 saturated heterocycles. The number of amides is 2. The molecular weight excluding hydrogens is 294 g/mol. The van der Waals surface area contributed by atoms with Gasteiger partial charge < -0.3 is 15.2 Å². The maximum Gasteiger partial charge on any atom is 0.257 e. The number of anilines is 1. The van der Waals surface area contributed by atoms with Crippen LogP contribution in [-0.2, 0) is 11.2 Å². The minimum Gasteiger partial charge on any atom is -0.361 e. The molecule has 0 unspecified atom stereocenters. The lowest BCUT2D eigenvalue weighted by atomic mass is 10.1. The highest BCUT2D eigenvalue weighted by Gasteiger charge is 2.19. The smallest absolute Gasteiger partial charge is 0.257 e. The van der Waals surface area contributed by atoms with Crippen molar-refractivity contribution in [3.05, 3.63) is 46.3 Å². The Balaban J connectivity index is 1.99. The van der Waals surface area contributed by atoms with Gasteiger partial charge in [0.2, 0.25) is 5.91 Å². The summed E-state index contributed by atoms with van der Waals surface area (Å²) in [5.41, 5.74) is 3.74. The summed E-state index contributed by atoms with van der Waals surface area (Å²) < 4.78 is 5.03. The van der Waals surface area contributed by atoms with Crippen LogP contribution in [0, 0.1) is 20.8 Å². The lowest BCUT2D eigenvalue weighted by Gasteiger charge is -2.12. The van der Waals surface area contributed by atoms with Crippen LogP contribution in [0.3, 0.4) is 0 Å². The van der Waals surface area contributed by atoms with Gasteiger partial charge in [-0.25, -0.2) is 0 Å². The van der Waals surface area contributed by atoms with Gasteiger partial charge in [0.25, 0.3) is 5.91 Å². The van der Waals surface area contributed by atoms with Gasteiger partial charge >= 0.3 is 0 Å². The molecule has 0 aliphatic carbocycles. The number of para-hydroxylation sites is 1. The number of rotatable bonds is 5. The first-order valence-corrected chi connectivity index (χ1v) is 7.53. The molecule has 1 heterocycles. The Bertz CT molecular complexity index is 714. The fraction of sp³-hybridized carbons (Fsp3) is 0.353. The number of nitrogens with zero attached hydrogens (tertiary/aromatic N) is 1. The highest BCUT2D eigenvalue weighted by Crippen LogP contribution is 2.19. The second-order valence-electron chi connectivity index (χ2n) is 5.41. The monoisotopic (exact) mass is 315 g/mol. The Labute approximate surface area is 135 Å². The molecule has 0 saturated carbocycles. The van der Waals surface area contributed by atoms with E-state index in [1.807, 2.05) is 39.0 Å². The third-order valence-electron chi connectivity index (χ3n) is 3.65. The fourth-order valence-electron chi connectivity index (χ4n) is 2.39. The number of benzene rings is 1. The van der Waals surface area contributed by atoms with Crippen LogP contribution in [0.1, 0.15) is 39.9 Å². The van der Waals surface area contributed by atoms with Gasteiger partial charge in [-0.15, -0.1) is 0 Å². The summed E-state index contributed by atoms with van der Waals surface area (Å²) in [6.07, 6.45) is 0.592. The summed E-state index contributed by atoms with van der Waals surface area (Å²) in [4.78, 5) is 24.3. The Morgan fingerprint density at radius 2 is 1.83 bits per heavy atom. The molecule has 0 bridgehead atoms. The van der Waals surface area contributed by atoms with Gasteiger partial charge in [-0.1, -0.05) is 30.3 Å². The van der Waals surface area contributed by atoms with Crippen molar-refractivity contribution < 1.29 is 14.1 Å². The van der Waals surface area contributed by atoms with Crippen LogP contribution in [0.25, 0.3) is 0 Å². The van der Waals surface area contributed by atoms with Crippen LogP contribution in [-0.4, -0.2) is 23.5 Å². The zero-order valence-electron chi connectivity index (χ0n) is 13.8. The molecule has 1 aromatic heterocycles. The van der Waals surface area contributed by atoms with E-state index in [0.29, 0.717) is 23.4 Å². The average Bonchev–Trinajstić information content (AvgIpc) is 2.89. The van der Waals surface area contributed by atoms with Gasteiger partial charge in [0, 0.05) is 5.69 Å². The van der Waals surface area contributed by atoms with E-state index < -0.39 is 0 Å². The molecule has 2 aromatic rings. The summed E-state index contributed by atoms with van der Waals surface area (Å²) in [6.45, 7) is 7.31. The first-order chi connectivity index (χ1) is 10.9. The molecule has 0 radical (unpaired) electrons. The molecule has 6 nitrogen and oxygen atoms in total. The molecule has 1 aromatic carbocycles. The van der Waals surface area contributed by atoms with E-state index >= 15 is 0 Å². The third kappa shape index (κ3) is 3.77. The zero-order chi connectivity index (χ0) is 17.0. The topological polar surface area (TPSA) is 84.2 Å². The Hall–Kier alpha value is -2.63. The van der Waals surface area contributed by atoms with Crippen LogP contribution in [0.2, 0.25) is 0 Å². The molecule has 122 valence electrons. The maximum atomic E-state index is 12.2. The molecule has 6 heteroatoms. The van der Waals surface area contributed by atoms with E-state index in [1.54, 1.807) is 6.92 Å². The van der Waals surface area contributed by atoms with Crippen molar-refractivity contribution in [1.82, 2.24) is 10.5 Å². The molecule has 2 N–H and O–H groups in total. The second kappa shape index (κ2) is 7.09. The second-order valence-corrected chi connectivity index (χ2v) is 5.41. The van der Waals surface area contributed by atoms with Gasteiger partial charge in [-0.3, -0.25) is 9.59 Å². The normalized spacial score (nSPS) is 10.4. The van der Waals surface area contributed by atoms with E-state index in [9.17, 15) is 9.59 Å². The standard InChI is InChI=1S/C17H21N3O3/c1-5-13-15(12(4)23-20-13)17(22)18-9-14(21)19-16-10(2)7-6-8-11(16)3/h6-8H,5,9H2,1-4H3,(H,18,22)(H,19,21). The SMILES string of the molecule is CCc1noc(C)c1C(=O)NCC(=O)Nc1c(C)cccc1C. The number of hydrogen-bond donors (Lipinski definition) is 2. The molecule has 2 rings (SSSR count). The Kier molecular flexibility index (Phi) is 5.16. The van der Waals surface area contributed by atoms with Crippen LogP contribution in [0.5, 0.6) is 0 Å². The van der Waals surface area contributed by atoms with E-state index in [4.69, 9.17) is 4.52 Å². The Morgan fingerprint density at radius 3 is 2.43 bits per heavy atom. The van der Waals surface area contributed by atoms with Crippen molar-refractivity contribution in [3.8, 4) is 0 Å². The molecular formula is C17H21N3O3. The number of aromatic nitrogens is 1. The average molecular weight is 315 g/mol. The van der Waals surface area contributed by atoms with Crippen LogP contribution in [0.4, 0.5) is 5.69 Å². The maximum absolute atomic E-state index is 12.2. The lowest BCUT2D eigenvalue weighted by Crippen LogP contribution is -2.33. The first-order valence-electron chi connectivity index (χ1n) is 7.53. The largest absolute Gasteiger partial charge is 0.361 e. The third-order valence-corrected chi connectivity index (χ3v) is 3.65. The highest BCUT2D eigenvalue weighted by atomic mass is 16.5. The van der Waals surface area contributed by atoms with Crippen molar-refractivity contribution in [2.45, 2.75) is 34.1 Å². The van der Waals surface area contributed by atoms with Crippen molar-refractivity contribution in [1.29, 1.82) is 0 Å². The fourth-order valence-corrected chi connectivity index (χ4v) is 2.39. The lowest BCUT2D eigenvalue weighted by molar-refractivity contribution is -0.115. The van der Waals surface area contributed by atoms with Crippen molar-refractivity contribution in [3.63, 3.8) is 0 Å². The minimum atomic E-state index is -0.350. The highest BCUT2D eigenvalue weighted by molar-refractivity contribution is 6.00. The molecule has 0 spiro atoms. The summed E-state index contributed by atoms with van der Waals surface area (Å²) in [6, 6.07) is 5.79. The Morgan fingerprint density at radius 1 is 1.17 bits per heavy atom. The molecule has 0 aliphatic heterocycles. The van der Waals surface area contributed by atoms with Crippen molar-refractivity contribution >= 4 is 17.5 Å². The van der Waals surface area contributed by atoms with E-state index in [0.717, 1.165) is 16.8 Å². The van der Waals surface area contributed by atoms with Crippen LogP contribution < -0.4 is 10.6 Å². The number of nitrogens with one attached hydrogen (secondary N) is 2. The van der Waals surface area contributed by atoms with Gasteiger partial charge in [-0.05, 0) is 38.3 Å². The quantitative estimate of drug-likeness (QED) is 0.888. The molecule has 2 amide bonds. The number of hydrogen-bond acceptors (Lipinski definition) is 4. The van der Waals surface area contributed by atoms with E-state index in [-0.39, 0.29) is 18.4 Å². The predicted octanol–water partition coefficient (Wildman–Crippen LogP) is 2.53. The van der Waals surface area contributed by atoms with E-state index in [1.165, 1.54) is 0 Å². The summed E-state index contributed by atoms with van der Waals surface area (Å²) >= 11 is 0. The number of aryl methyl sites for hydroxylation is 4. The summed E-state index contributed by atoms with van der Waals surface area (Å²) in [7, 11) is 0. The van der Waals surface area contributed by atoms with Crippen LogP contribution >= 0.6 is 0 Å². The molecule has 0 fully saturated rings. The molecule has 0 atom stereocenters. The summed E-state index contributed by atoms with van der Waals surface area (Å²) in [5, 5.41) is 9.28. The summed E-state index contributed by atoms with van der Waals surface area (Å²) in [5.74, 6) is -0.172. The van der Waals surface area contributed by atoms with Crippen molar-refractivity contribution in [2.24, 2.45) is 0 Å². The minimum absolute atomic E-state index is 0.111. The number of carbonyl (C=O) groups excluding carboxylic acids is 2. The van der Waals surface area contributed by atoms with E-state index in [2.05, 4.69) is 15.8 Å². The molecule has 23 heavy (non-hydrogen) atoms. The van der Waals surface area contributed by atoms with Gasteiger partial charge in [0.1, 0.15) is 11.3 Å². The molecule has 0 aliphatic rings. The van der Waals surface area contributed by atoms with Gasteiger partial charge in [0.15, 0.2) is 0 Å². The van der Waals surface area contributed by atoms with Crippen LogP contribution in [0.15, 0.2) is 22.7 Å². The number of carbonyl (C=O) groups is 2. The first kappa shape index (κ1) is 16.7. The van der Waals surface area contributed by atoms with Gasteiger partial charge in [-0.2, -0.15) is 0 Å².